The second-order valence-electron chi connectivity index (χ2n) is 5.50. The number of carbonyl (C=O) groups excluding carboxylic acids is 1. The van der Waals surface area contributed by atoms with E-state index in [0.29, 0.717) is 13.2 Å². The predicted molar refractivity (Wildman–Crippen MR) is 81.5 cm³/mol. The average Bonchev–Trinajstić information content (AvgIpc) is 2.37. The number of hydrogen-bond acceptors (Lipinski definition) is 2. The van der Waals surface area contributed by atoms with E-state index >= 15 is 0 Å². The van der Waals surface area contributed by atoms with Crippen LogP contribution in [0.5, 0.6) is 0 Å². The molecule has 0 aliphatic carbocycles. The number of nitrogens with one attached hydrogen (secondary N) is 1. The van der Waals surface area contributed by atoms with Gasteiger partial charge in [-0.1, -0.05) is 35.8 Å². The lowest BCUT2D eigenvalue weighted by Crippen LogP contribution is -2.35. The largest absolute Gasteiger partial charge is 0.385 e. The zero-order chi connectivity index (χ0) is 14.5. The molecule has 106 valence electrons. The Hall–Kier alpha value is -0.870. The van der Waals surface area contributed by atoms with Crippen molar-refractivity contribution in [1.82, 2.24) is 5.32 Å². The van der Waals surface area contributed by atoms with Gasteiger partial charge in [0.25, 0.3) is 5.91 Å². The number of ether oxygens (including phenoxy) is 1. The third-order valence-corrected chi connectivity index (χ3v) is 4.08. The summed E-state index contributed by atoms with van der Waals surface area (Å²) >= 11 is 3.44. The molecule has 0 aromatic heterocycles. The molecule has 0 radical (unpaired) electrons. The smallest absolute Gasteiger partial charge is 0.251 e. The number of hydrogen-bond donors (Lipinski definition) is 1. The van der Waals surface area contributed by atoms with Crippen LogP contribution in [0.3, 0.4) is 0 Å². The van der Waals surface area contributed by atoms with Crippen LogP contribution >= 0.6 is 15.9 Å². The summed E-state index contributed by atoms with van der Waals surface area (Å²) in [6.45, 7) is 7.54. The first-order chi connectivity index (χ1) is 8.87. The first kappa shape index (κ1) is 16.2. The zero-order valence-electron chi connectivity index (χ0n) is 12.0. The summed E-state index contributed by atoms with van der Waals surface area (Å²) < 4.78 is 6.04. The molecule has 0 aliphatic rings. The molecule has 1 aromatic rings. The molecule has 0 atom stereocenters. The highest BCUT2D eigenvalue weighted by atomic mass is 79.9. The van der Waals surface area contributed by atoms with Crippen LogP contribution in [0.2, 0.25) is 0 Å². The van der Waals surface area contributed by atoms with Crippen LogP contribution in [0.25, 0.3) is 0 Å². The number of rotatable bonds is 6. The summed E-state index contributed by atoms with van der Waals surface area (Å²) in [6, 6.07) is 5.66. The van der Waals surface area contributed by atoms with Crippen molar-refractivity contribution >= 4 is 21.8 Å². The summed E-state index contributed by atoms with van der Waals surface area (Å²) in [4.78, 5) is 12.2. The van der Waals surface area contributed by atoms with Gasteiger partial charge in [-0.15, -0.1) is 0 Å². The van der Waals surface area contributed by atoms with E-state index in [0.717, 1.165) is 22.0 Å². The fraction of sp³-hybridized carbons (Fsp3) is 0.533. The van der Waals surface area contributed by atoms with Gasteiger partial charge in [0.1, 0.15) is 0 Å². The second kappa shape index (κ2) is 7.06. The minimum Gasteiger partial charge on any atom is -0.385 e. The molecule has 0 aliphatic heterocycles. The number of halogens is 1. The van der Waals surface area contributed by atoms with Crippen LogP contribution < -0.4 is 5.32 Å². The Morgan fingerprint density at radius 1 is 1.42 bits per heavy atom. The van der Waals surface area contributed by atoms with Gasteiger partial charge in [-0.3, -0.25) is 4.79 Å². The van der Waals surface area contributed by atoms with E-state index in [1.807, 2.05) is 25.1 Å². The highest BCUT2D eigenvalue weighted by molar-refractivity contribution is 9.10. The zero-order valence-corrected chi connectivity index (χ0v) is 13.6. The molecule has 0 heterocycles. The van der Waals surface area contributed by atoms with Gasteiger partial charge in [0.15, 0.2) is 0 Å². The number of methoxy groups -OCH3 is 1. The Labute approximate surface area is 123 Å². The maximum atomic E-state index is 12.2. The van der Waals surface area contributed by atoms with Crippen LogP contribution in [0.4, 0.5) is 0 Å². The van der Waals surface area contributed by atoms with Gasteiger partial charge in [-0.2, -0.15) is 0 Å². The summed E-state index contributed by atoms with van der Waals surface area (Å²) in [7, 11) is 1.69. The summed E-state index contributed by atoms with van der Waals surface area (Å²) in [5, 5.41) is 3.00. The van der Waals surface area contributed by atoms with Crippen molar-refractivity contribution in [2.24, 2.45) is 5.41 Å². The summed E-state index contributed by atoms with van der Waals surface area (Å²) in [5.41, 5.74) is 1.72. The lowest BCUT2D eigenvalue weighted by Gasteiger charge is -2.24. The Morgan fingerprint density at radius 3 is 2.74 bits per heavy atom. The quantitative estimate of drug-likeness (QED) is 0.867. The first-order valence-corrected chi connectivity index (χ1v) is 7.19. The van der Waals surface area contributed by atoms with Gasteiger partial charge in [0, 0.05) is 30.3 Å². The normalized spacial score (nSPS) is 11.4. The van der Waals surface area contributed by atoms with Gasteiger partial charge < -0.3 is 10.1 Å². The summed E-state index contributed by atoms with van der Waals surface area (Å²) in [6.07, 6.45) is 0.918. The van der Waals surface area contributed by atoms with Crippen LogP contribution in [-0.2, 0) is 4.74 Å². The Morgan fingerprint density at radius 2 is 2.11 bits per heavy atom. The predicted octanol–water partition coefficient (Wildman–Crippen LogP) is 3.55. The monoisotopic (exact) mass is 327 g/mol. The first-order valence-electron chi connectivity index (χ1n) is 6.39. The third kappa shape index (κ3) is 4.96. The molecular formula is C15H22BrNO2. The lowest BCUT2D eigenvalue weighted by molar-refractivity contribution is 0.0920. The topological polar surface area (TPSA) is 38.3 Å². The fourth-order valence-electron chi connectivity index (χ4n) is 1.73. The molecular weight excluding hydrogens is 306 g/mol. The minimum absolute atomic E-state index is 0.0238. The Kier molecular flexibility index (Phi) is 6.01. The molecule has 1 aromatic carbocycles. The molecule has 19 heavy (non-hydrogen) atoms. The van der Waals surface area contributed by atoms with Crippen LogP contribution in [0.1, 0.15) is 36.2 Å². The molecule has 0 fully saturated rings. The highest BCUT2D eigenvalue weighted by Crippen LogP contribution is 2.21. The molecule has 0 spiro atoms. The van der Waals surface area contributed by atoms with Crippen LogP contribution in [0.15, 0.2) is 22.7 Å². The van der Waals surface area contributed by atoms with Crippen molar-refractivity contribution in [2.75, 3.05) is 20.3 Å². The Bertz CT molecular complexity index is 444. The van der Waals surface area contributed by atoms with E-state index < -0.39 is 0 Å². The number of carbonyl (C=O) groups is 1. The molecule has 1 rings (SSSR count). The summed E-state index contributed by atoms with van der Waals surface area (Å²) in [5.74, 6) is -0.0238. The van der Waals surface area contributed by atoms with Gasteiger partial charge in [0.05, 0.1) is 0 Å². The SMILES string of the molecule is COCCC(C)(C)CNC(=O)c1cccc(Br)c1C. The molecule has 0 saturated carbocycles. The van der Waals surface area contributed by atoms with E-state index in [1.54, 1.807) is 7.11 Å². The van der Waals surface area contributed by atoms with E-state index in [1.165, 1.54) is 0 Å². The van der Waals surface area contributed by atoms with Gasteiger partial charge >= 0.3 is 0 Å². The van der Waals surface area contributed by atoms with Crippen LogP contribution in [0, 0.1) is 12.3 Å². The molecule has 1 amide bonds. The van der Waals surface area contributed by atoms with Gasteiger partial charge in [-0.05, 0) is 36.5 Å². The highest BCUT2D eigenvalue weighted by Gasteiger charge is 2.19. The molecule has 3 nitrogen and oxygen atoms in total. The molecule has 1 N–H and O–H groups in total. The molecule has 0 bridgehead atoms. The molecule has 0 saturated heterocycles. The lowest BCUT2D eigenvalue weighted by atomic mass is 9.89. The Balaban J connectivity index is 2.63. The average molecular weight is 328 g/mol. The molecule has 4 heteroatoms. The van der Waals surface area contributed by atoms with Crippen molar-refractivity contribution in [3.8, 4) is 0 Å². The second-order valence-corrected chi connectivity index (χ2v) is 6.36. The van der Waals surface area contributed by atoms with Crippen molar-refractivity contribution in [1.29, 1.82) is 0 Å². The van der Waals surface area contributed by atoms with Gasteiger partial charge in [0.2, 0.25) is 0 Å². The minimum atomic E-state index is -0.0238. The maximum Gasteiger partial charge on any atom is 0.251 e. The van der Waals surface area contributed by atoms with Crippen molar-refractivity contribution in [2.45, 2.75) is 27.2 Å². The van der Waals surface area contributed by atoms with Crippen molar-refractivity contribution in [3.05, 3.63) is 33.8 Å². The molecule has 0 unspecified atom stereocenters. The van der Waals surface area contributed by atoms with Crippen molar-refractivity contribution < 1.29 is 9.53 Å². The van der Waals surface area contributed by atoms with Crippen molar-refractivity contribution in [3.63, 3.8) is 0 Å². The maximum absolute atomic E-state index is 12.2. The number of amides is 1. The number of benzene rings is 1. The van der Waals surface area contributed by atoms with E-state index in [2.05, 4.69) is 35.1 Å². The van der Waals surface area contributed by atoms with Crippen LogP contribution in [-0.4, -0.2) is 26.2 Å². The van der Waals surface area contributed by atoms with E-state index in [4.69, 9.17) is 4.74 Å². The van der Waals surface area contributed by atoms with Gasteiger partial charge in [-0.25, -0.2) is 0 Å². The fourth-order valence-corrected chi connectivity index (χ4v) is 2.10. The standard InChI is InChI=1S/C15H22BrNO2/c1-11-12(6-5-7-13(11)16)14(18)17-10-15(2,3)8-9-19-4/h5-7H,8-10H2,1-4H3,(H,17,18). The van der Waals surface area contributed by atoms with E-state index in [-0.39, 0.29) is 11.3 Å². The van der Waals surface area contributed by atoms with E-state index in [9.17, 15) is 4.79 Å². The third-order valence-electron chi connectivity index (χ3n) is 3.22.